The van der Waals surface area contributed by atoms with Crippen LogP contribution in [0, 0.1) is 0 Å². The van der Waals surface area contributed by atoms with Crippen LogP contribution >= 0.6 is 0 Å². The van der Waals surface area contributed by atoms with Crippen molar-refractivity contribution in [1.29, 1.82) is 0 Å². The molecule has 2 unspecified atom stereocenters. The van der Waals surface area contributed by atoms with Crippen LogP contribution in [0.2, 0.25) is 0 Å². The van der Waals surface area contributed by atoms with E-state index in [1.165, 1.54) is 6.42 Å². The molecule has 0 spiro atoms. The number of nitrogens with zero attached hydrogens (tertiary/aromatic N) is 2. The Labute approximate surface area is 95.8 Å². The first-order valence-corrected chi connectivity index (χ1v) is 6.11. The monoisotopic (exact) mass is 215 g/mol. The highest BCUT2D eigenvalue weighted by Crippen LogP contribution is 2.05. The third kappa shape index (κ3) is 6.13. The largest absolute Gasteiger partial charge is 0.313 e. The van der Waals surface area contributed by atoms with E-state index in [0.717, 1.165) is 19.6 Å². The summed E-state index contributed by atoms with van der Waals surface area (Å²) in [4.78, 5) is 4.67. The molecule has 0 aromatic heterocycles. The first-order chi connectivity index (χ1) is 7.02. The van der Waals surface area contributed by atoms with E-state index >= 15 is 0 Å². The van der Waals surface area contributed by atoms with Crippen LogP contribution in [0.4, 0.5) is 0 Å². The van der Waals surface area contributed by atoms with Crippen LogP contribution in [0.5, 0.6) is 0 Å². The highest BCUT2D eigenvalue weighted by atomic mass is 15.2. The van der Waals surface area contributed by atoms with E-state index in [1.54, 1.807) is 0 Å². The van der Waals surface area contributed by atoms with Crippen molar-refractivity contribution in [2.24, 2.45) is 0 Å². The minimum atomic E-state index is 0.606. The summed E-state index contributed by atoms with van der Waals surface area (Å²) in [5.41, 5.74) is 0. The molecule has 0 aliphatic rings. The second kappa shape index (κ2) is 8.08. The lowest BCUT2D eigenvalue weighted by Gasteiger charge is -2.32. The Balaban J connectivity index is 3.97. The molecule has 0 aromatic rings. The van der Waals surface area contributed by atoms with Crippen molar-refractivity contribution in [3.8, 4) is 0 Å². The number of likely N-dealkylation sites (N-methyl/N-ethyl adjacent to an activating group) is 3. The van der Waals surface area contributed by atoms with Crippen LogP contribution < -0.4 is 5.32 Å². The van der Waals surface area contributed by atoms with Crippen LogP contribution in [0.1, 0.15) is 27.2 Å². The van der Waals surface area contributed by atoms with Crippen molar-refractivity contribution in [2.75, 3.05) is 40.8 Å². The van der Waals surface area contributed by atoms with Gasteiger partial charge in [-0.05, 0) is 41.0 Å². The molecule has 92 valence electrons. The Morgan fingerprint density at radius 2 is 1.67 bits per heavy atom. The smallest absolute Gasteiger partial charge is 0.0218 e. The van der Waals surface area contributed by atoms with Crippen molar-refractivity contribution in [3.05, 3.63) is 0 Å². The van der Waals surface area contributed by atoms with E-state index in [9.17, 15) is 0 Å². The Morgan fingerprint density at radius 3 is 2.07 bits per heavy atom. The third-order valence-corrected chi connectivity index (χ3v) is 3.08. The maximum atomic E-state index is 3.55. The second-order valence-corrected chi connectivity index (χ2v) is 4.60. The van der Waals surface area contributed by atoms with Crippen LogP contribution in [0.3, 0.4) is 0 Å². The van der Waals surface area contributed by atoms with Gasteiger partial charge in [0.15, 0.2) is 0 Å². The molecule has 0 aliphatic heterocycles. The Hall–Kier alpha value is -0.120. The van der Waals surface area contributed by atoms with Gasteiger partial charge < -0.3 is 15.1 Å². The van der Waals surface area contributed by atoms with E-state index in [2.05, 4.69) is 57.0 Å². The quantitative estimate of drug-likeness (QED) is 0.657. The number of hydrogen-bond donors (Lipinski definition) is 1. The zero-order valence-corrected chi connectivity index (χ0v) is 11.4. The Bertz CT molecular complexity index is 148. The summed E-state index contributed by atoms with van der Waals surface area (Å²) in [6.45, 7) is 10.1. The van der Waals surface area contributed by atoms with Gasteiger partial charge in [-0.3, -0.25) is 0 Å². The van der Waals surface area contributed by atoms with Gasteiger partial charge in [-0.15, -0.1) is 0 Å². The van der Waals surface area contributed by atoms with Gasteiger partial charge in [-0.2, -0.15) is 0 Å². The van der Waals surface area contributed by atoms with E-state index < -0.39 is 0 Å². The zero-order valence-electron chi connectivity index (χ0n) is 11.4. The summed E-state index contributed by atoms with van der Waals surface area (Å²) < 4.78 is 0. The summed E-state index contributed by atoms with van der Waals surface area (Å²) >= 11 is 0. The van der Waals surface area contributed by atoms with Crippen molar-refractivity contribution in [2.45, 2.75) is 39.3 Å². The van der Waals surface area contributed by atoms with Crippen molar-refractivity contribution in [3.63, 3.8) is 0 Å². The molecule has 0 aromatic carbocycles. The van der Waals surface area contributed by atoms with Gasteiger partial charge in [0, 0.05) is 25.2 Å². The van der Waals surface area contributed by atoms with E-state index in [-0.39, 0.29) is 0 Å². The van der Waals surface area contributed by atoms with Crippen LogP contribution in [0.15, 0.2) is 0 Å². The normalized spacial score (nSPS) is 16.0. The van der Waals surface area contributed by atoms with Crippen LogP contribution in [-0.2, 0) is 0 Å². The Kier molecular flexibility index (Phi) is 8.02. The maximum absolute atomic E-state index is 3.55. The molecule has 0 radical (unpaired) electrons. The van der Waals surface area contributed by atoms with Gasteiger partial charge in [0.25, 0.3) is 0 Å². The molecule has 2 atom stereocenters. The predicted molar refractivity (Wildman–Crippen MR) is 68.4 cm³/mol. The van der Waals surface area contributed by atoms with Gasteiger partial charge in [-0.1, -0.05) is 13.8 Å². The molecule has 0 bridgehead atoms. The van der Waals surface area contributed by atoms with Gasteiger partial charge >= 0.3 is 0 Å². The van der Waals surface area contributed by atoms with Crippen LogP contribution in [0.25, 0.3) is 0 Å². The molecule has 0 saturated carbocycles. The highest BCUT2D eigenvalue weighted by Gasteiger charge is 2.18. The average molecular weight is 215 g/mol. The van der Waals surface area contributed by atoms with Crippen molar-refractivity contribution >= 4 is 0 Å². The fourth-order valence-corrected chi connectivity index (χ4v) is 1.79. The molecule has 0 heterocycles. The molecule has 0 saturated heterocycles. The second-order valence-electron chi connectivity index (χ2n) is 4.60. The summed E-state index contributed by atoms with van der Waals surface area (Å²) in [6, 6.07) is 1.22. The lowest BCUT2D eigenvalue weighted by Crippen LogP contribution is -2.48. The minimum Gasteiger partial charge on any atom is -0.313 e. The van der Waals surface area contributed by atoms with Gasteiger partial charge in [-0.25, -0.2) is 0 Å². The van der Waals surface area contributed by atoms with Crippen LogP contribution in [-0.4, -0.2) is 62.7 Å². The lowest BCUT2D eigenvalue weighted by molar-refractivity contribution is 0.187. The van der Waals surface area contributed by atoms with Crippen molar-refractivity contribution in [1.82, 2.24) is 15.1 Å². The SMILES string of the molecule is CCNC(CC)C(C)N(C)CCN(C)C. The fourth-order valence-electron chi connectivity index (χ4n) is 1.79. The molecule has 0 aliphatic carbocycles. The van der Waals surface area contributed by atoms with Gasteiger partial charge in [0.1, 0.15) is 0 Å². The van der Waals surface area contributed by atoms with Crippen molar-refractivity contribution < 1.29 is 0 Å². The van der Waals surface area contributed by atoms with Gasteiger partial charge in [0.05, 0.1) is 0 Å². The topological polar surface area (TPSA) is 18.5 Å². The summed E-state index contributed by atoms with van der Waals surface area (Å²) in [6.07, 6.45) is 1.20. The standard InChI is InChI=1S/C12H29N3/c1-7-12(13-8-2)11(3)15(6)10-9-14(4)5/h11-13H,7-10H2,1-6H3. The minimum absolute atomic E-state index is 0.606. The Morgan fingerprint density at radius 1 is 1.07 bits per heavy atom. The molecule has 1 N–H and O–H groups in total. The van der Waals surface area contributed by atoms with E-state index in [0.29, 0.717) is 12.1 Å². The highest BCUT2D eigenvalue weighted by molar-refractivity contribution is 4.78. The lowest BCUT2D eigenvalue weighted by atomic mass is 10.1. The molecule has 0 amide bonds. The molecule has 15 heavy (non-hydrogen) atoms. The van der Waals surface area contributed by atoms with E-state index in [1.807, 2.05) is 0 Å². The third-order valence-electron chi connectivity index (χ3n) is 3.08. The molecule has 0 rings (SSSR count). The molecule has 3 heteroatoms. The number of hydrogen-bond acceptors (Lipinski definition) is 3. The number of nitrogens with one attached hydrogen (secondary N) is 1. The first kappa shape index (κ1) is 14.9. The first-order valence-electron chi connectivity index (χ1n) is 6.11. The predicted octanol–water partition coefficient (Wildman–Crippen LogP) is 1.26. The summed E-state index contributed by atoms with van der Waals surface area (Å²) in [5, 5.41) is 3.55. The van der Waals surface area contributed by atoms with E-state index in [4.69, 9.17) is 0 Å². The zero-order chi connectivity index (χ0) is 11.8. The molecular formula is C12H29N3. The van der Waals surface area contributed by atoms with Gasteiger partial charge in [0.2, 0.25) is 0 Å². The molecular weight excluding hydrogens is 186 g/mol. The maximum Gasteiger partial charge on any atom is 0.0218 e. The summed E-state index contributed by atoms with van der Waals surface area (Å²) in [5.74, 6) is 0. The summed E-state index contributed by atoms with van der Waals surface area (Å²) in [7, 11) is 6.47. The fraction of sp³-hybridized carbons (Fsp3) is 1.00. The molecule has 3 nitrogen and oxygen atoms in total. The average Bonchev–Trinajstić information content (AvgIpc) is 2.21. The molecule has 0 fully saturated rings. The number of rotatable bonds is 8.